The molecule has 1 aromatic carbocycles. The Hall–Kier alpha value is -2.02. The van der Waals surface area contributed by atoms with Crippen molar-refractivity contribution in [2.45, 2.75) is 4.90 Å². The number of hydrogen-bond acceptors (Lipinski definition) is 4. The smallest absolute Gasteiger partial charge is 0.178 e. The average Bonchev–Trinajstić information content (AvgIpc) is 2.68. The predicted molar refractivity (Wildman–Crippen MR) is 67.1 cm³/mol. The summed E-state index contributed by atoms with van der Waals surface area (Å²) in [6, 6.07) is 3.66. The van der Waals surface area contributed by atoms with Gasteiger partial charge in [-0.25, -0.2) is 12.8 Å². The van der Waals surface area contributed by atoms with Crippen molar-refractivity contribution in [3.63, 3.8) is 0 Å². The van der Waals surface area contributed by atoms with E-state index in [1.165, 1.54) is 23.0 Å². The van der Waals surface area contributed by atoms with E-state index in [2.05, 4.69) is 5.10 Å². The standard InChI is InChI=1S/C12H11FN2O3S/c1-15-6-9(7-16)12(14-15)8-3-4-11(10(13)5-8)19(2,17)18/h3-7H,1-2H3. The SMILES string of the molecule is Cn1cc(C=O)c(-c2ccc(S(C)(=O)=O)c(F)c2)n1. The first kappa shape index (κ1) is 13.4. The van der Waals surface area contributed by atoms with Crippen molar-refractivity contribution in [2.24, 2.45) is 7.05 Å². The molecule has 0 atom stereocenters. The van der Waals surface area contributed by atoms with Crippen molar-refractivity contribution >= 4 is 16.1 Å². The van der Waals surface area contributed by atoms with Crippen LogP contribution < -0.4 is 0 Å². The van der Waals surface area contributed by atoms with Gasteiger partial charge in [0, 0.05) is 25.1 Å². The second-order valence-electron chi connectivity index (χ2n) is 4.14. The van der Waals surface area contributed by atoms with Crippen LogP contribution in [-0.2, 0) is 16.9 Å². The average molecular weight is 282 g/mol. The molecule has 0 unspecified atom stereocenters. The highest BCUT2D eigenvalue weighted by atomic mass is 32.2. The number of aromatic nitrogens is 2. The van der Waals surface area contributed by atoms with Gasteiger partial charge in [0.1, 0.15) is 16.4 Å². The summed E-state index contributed by atoms with van der Waals surface area (Å²) in [5, 5.41) is 4.05. The minimum absolute atomic E-state index is 0.314. The van der Waals surface area contributed by atoms with Crippen molar-refractivity contribution in [2.75, 3.05) is 6.26 Å². The monoisotopic (exact) mass is 282 g/mol. The Kier molecular flexibility index (Phi) is 3.23. The van der Waals surface area contributed by atoms with Crippen molar-refractivity contribution in [3.8, 4) is 11.3 Å². The molecule has 7 heteroatoms. The number of rotatable bonds is 3. The third kappa shape index (κ3) is 2.55. The molecule has 19 heavy (non-hydrogen) atoms. The molecular formula is C12H11FN2O3S. The second-order valence-corrected chi connectivity index (χ2v) is 6.13. The van der Waals surface area contributed by atoms with E-state index in [4.69, 9.17) is 0 Å². The molecule has 1 aromatic heterocycles. The van der Waals surface area contributed by atoms with Crippen LogP contribution in [0.4, 0.5) is 4.39 Å². The minimum Gasteiger partial charge on any atom is -0.298 e. The molecule has 0 aliphatic heterocycles. The van der Waals surface area contributed by atoms with Gasteiger partial charge < -0.3 is 0 Å². The van der Waals surface area contributed by atoms with E-state index in [0.29, 0.717) is 23.1 Å². The molecule has 2 rings (SSSR count). The van der Waals surface area contributed by atoms with Crippen LogP contribution in [0.1, 0.15) is 10.4 Å². The Labute approximate surface area is 109 Å². The van der Waals surface area contributed by atoms with Crippen LogP contribution in [0.25, 0.3) is 11.3 Å². The second kappa shape index (κ2) is 4.58. The third-order valence-corrected chi connectivity index (χ3v) is 3.72. The summed E-state index contributed by atoms with van der Waals surface area (Å²) >= 11 is 0. The van der Waals surface area contributed by atoms with Crippen molar-refractivity contribution in [1.29, 1.82) is 0 Å². The molecular weight excluding hydrogens is 271 g/mol. The van der Waals surface area contributed by atoms with Gasteiger partial charge in [-0.1, -0.05) is 6.07 Å². The molecule has 0 aliphatic rings. The number of aryl methyl sites for hydroxylation is 1. The molecule has 0 aliphatic carbocycles. The van der Waals surface area contributed by atoms with E-state index >= 15 is 0 Å². The van der Waals surface area contributed by atoms with Crippen molar-refractivity contribution in [1.82, 2.24) is 9.78 Å². The summed E-state index contributed by atoms with van der Waals surface area (Å²) in [7, 11) is -1.98. The molecule has 0 radical (unpaired) electrons. The summed E-state index contributed by atoms with van der Waals surface area (Å²) in [5.41, 5.74) is 0.984. The number of carbonyl (C=O) groups is 1. The van der Waals surface area contributed by atoms with Crippen LogP contribution in [0.5, 0.6) is 0 Å². The molecule has 0 bridgehead atoms. The number of nitrogens with zero attached hydrogens (tertiary/aromatic N) is 2. The van der Waals surface area contributed by atoms with Gasteiger partial charge in [0.15, 0.2) is 16.1 Å². The summed E-state index contributed by atoms with van der Waals surface area (Å²) in [6.45, 7) is 0. The molecule has 0 spiro atoms. The van der Waals surface area contributed by atoms with Gasteiger partial charge in [-0.3, -0.25) is 9.48 Å². The highest BCUT2D eigenvalue weighted by Gasteiger charge is 2.16. The lowest BCUT2D eigenvalue weighted by atomic mass is 10.1. The van der Waals surface area contributed by atoms with E-state index in [9.17, 15) is 17.6 Å². The topological polar surface area (TPSA) is 69.0 Å². The third-order valence-electron chi connectivity index (χ3n) is 2.59. The maximum Gasteiger partial charge on any atom is 0.178 e. The summed E-state index contributed by atoms with van der Waals surface area (Å²) in [5.74, 6) is -0.859. The fourth-order valence-corrected chi connectivity index (χ4v) is 2.49. The first-order valence-corrected chi connectivity index (χ1v) is 7.21. The Bertz CT molecular complexity index is 750. The first-order chi connectivity index (χ1) is 8.82. The molecule has 2 aromatic rings. The van der Waals surface area contributed by atoms with E-state index in [1.807, 2.05) is 0 Å². The number of benzene rings is 1. The highest BCUT2D eigenvalue weighted by Crippen LogP contribution is 2.24. The zero-order valence-corrected chi connectivity index (χ0v) is 11.1. The summed E-state index contributed by atoms with van der Waals surface area (Å²) in [4.78, 5) is 10.5. The molecule has 0 saturated carbocycles. The summed E-state index contributed by atoms with van der Waals surface area (Å²) in [6.07, 6.45) is 3.05. The fraction of sp³-hybridized carbons (Fsp3) is 0.167. The van der Waals surface area contributed by atoms with E-state index in [-0.39, 0.29) is 4.90 Å². The van der Waals surface area contributed by atoms with Gasteiger partial charge in [0.25, 0.3) is 0 Å². The Balaban J connectivity index is 2.59. The van der Waals surface area contributed by atoms with Gasteiger partial charge in [-0.05, 0) is 12.1 Å². The lowest BCUT2D eigenvalue weighted by Gasteiger charge is -2.03. The fourth-order valence-electron chi connectivity index (χ4n) is 1.77. The van der Waals surface area contributed by atoms with E-state index in [1.54, 1.807) is 7.05 Å². The highest BCUT2D eigenvalue weighted by molar-refractivity contribution is 7.90. The number of sulfone groups is 1. The minimum atomic E-state index is -3.61. The Morgan fingerprint density at radius 2 is 2.05 bits per heavy atom. The lowest BCUT2D eigenvalue weighted by Crippen LogP contribution is -2.01. The Morgan fingerprint density at radius 3 is 2.58 bits per heavy atom. The molecule has 0 amide bonds. The van der Waals surface area contributed by atoms with Gasteiger partial charge >= 0.3 is 0 Å². The van der Waals surface area contributed by atoms with Gasteiger partial charge in [-0.2, -0.15) is 5.10 Å². The summed E-state index contributed by atoms with van der Waals surface area (Å²) < 4.78 is 37.8. The Morgan fingerprint density at radius 1 is 1.37 bits per heavy atom. The van der Waals surface area contributed by atoms with Crippen LogP contribution in [0.3, 0.4) is 0 Å². The van der Waals surface area contributed by atoms with Gasteiger partial charge in [0.05, 0.1) is 5.56 Å². The number of aldehydes is 1. The van der Waals surface area contributed by atoms with Gasteiger partial charge in [-0.15, -0.1) is 0 Å². The predicted octanol–water partition coefficient (Wildman–Crippen LogP) is 1.44. The quantitative estimate of drug-likeness (QED) is 0.799. The molecule has 0 N–H and O–H groups in total. The molecule has 100 valence electrons. The zero-order chi connectivity index (χ0) is 14.2. The first-order valence-electron chi connectivity index (χ1n) is 5.31. The molecule has 0 fully saturated rings. The van der Waals surface area contributed by atoms with Crippen LogP contribution in [0.2, 0.25) is 0 Å². The molecule has 1 heterocycles. The van der Waals surface area contributed by atoms with E-state index < -0.39 is 15.7 Å². The van der Waals surface area contributed by atoms with Crippen LogP contribution in [0, 0.1) is 5.82 Å². The molecule has 5 nitrogen and oxygen atoms in total. The van der Waals surface area contributed by atoms with Crippen LogP contribution in [-0.4, -0.2) is 30.7 Å². The number of carbonyl (C=O) groups excluding carboxylic acids is 1. The zero-order valence-electron chi connectivity index (χ0n) is 10.3. The van der Waals surface area contributed by atoms with E-state index in [0.717, 1.165) is 12.3 Å². The number of halogens is 1. The normalized spacial score (nSPS) is 11.5. The van der Waals surface area contributed by atoms with Crippen molar-refractivity contribution < 1.29 is 17.6 Å². The maximum atomic E-state index is 13.8. The largest absolute Gasteiger partial charge is 0.298 e. The lowest BCUT2D eigenvalue weighted by molar-refractivity contribution is 0.112. The maximum absolute atomic E-state index is 13.8. The number of hydrogen-bond donors (Lipinski definition) is 0. The van der Waals surface area contributed by atoms with Crippen molar-refractivity contribution in [3.05, 3.63) is 35.8 Å². The van der Waals surface area contributed by atoms with Gasteiger partial charge in [0.2, 0.25) is 0 Å². The molecule has 0 saturated heterocycles. The van der Waals surface area contributed by atoms with Crippen LogP contribution in [0.15, 0.2) is 29.3 Å². The van der Waals surface area contributed by atoms with Crippen LogP contribution >= 0.6 is 0 Å².